The Balaban J connectivity index is 1.92. The summed E-state index contributed by atoms with van der Waals surface area (Å²) in [5.74, 6) is -0.957. The van der Waals surface area contributed by atoms with Crippen LogP contribution in [0.2, 0.25) is 0 Å². The number of nitrogens with one attached hydrogen (secondary N) is 1. The second-order valence-corrected chi connectivity index (χ2v) is 5.86. The van der Waals surface area contributed by atoms with E-state index in [1.54, 1.807) is 0 Å². The minimum Gasteiger partial charge on any atom is -0.480 e. The third-order valence-electron chi connectivity index (χ3n) is 4.64. The fraction of sp³-hybridized carbons (Fsp3) is 0.533. The number of hydrogen-bond acceptors (Lipinski definition) is 3. The summed E-state index contributed by atoms with van der Waals surface area (Å²) in [5.41, 5.74) is 0.0605. The van der Waals surface area contributed by atoms with E-state index in [9.17, 15) is 19.5 Å². The summed E-state index contributed by atoms with van der Waals surface area (Å²) in [6, 6.07) is 2.00. The molecule has 2 heterocycles. The van der Waals surface area contributed by atoms with Crippen LogP contribution >= 0.6 is 0 Å². The van der Waals surface area contributed by atoms with E-state index in [4.69, 9.17) is 0 Å². The molecule has 2 N–H and O–H groups in total. The Kier molecular flexibility index (Phi) is 3.53. The number of carboxylic acid groups (broad SMARTS) is 1. The molecule has 0 spiro atoms. The van der Waals surface area contributed by atoms with Crippen molar-refractivity contribution >= 4 is 11.9 Å². The van der Waals surface area contributed by atoms with E-state index in [-0.39, 0.29) is 23.4 Å². The molecule has 2 fully saturated rings. The van der Waals surface area contributed by atoms with Gasteiger partial charge in [0.1, 0.15) is 6.04 Å². The molecule has 0 radical (unpaired) electrons. The van der Waals surface area contributed by atoms with E-state index in [0.717, 1.165) is 25.7 Å². The minimum atomic E-state index is -0.942. The number of carbonyl (C=O) groups is 2. The first-order valence-electron chi connectivity index (χ1n) is 7.32. The van der Waals surface area contributed by atoms with Gasteiger partial charge in [0.25, 0.3) is 5.91 Å². The van der Waals surface area contributed by atoms with E-state index < -0.39 is 12.0 Å². The van der Waals surface area contributed by atoms with Gasteiger partial charge in [-0.05, 0) is 31.2 Å². The van der Waals surface area contributed by atoms with E-state index in [1.807, 2.05) is 0 Å². The zero-order valence-corrected chi connectivity index (χ0v) is 11.6. The number of aromatic nitrogens is 1. The maximum Gasteiger partial charge on any atom is 0.326 e. The van der Waals surface area contributed by atoms with Crippen LogP contribution in [0.4, 0.5) is 0 Å². The number of rotatable bonds is 2. The van der Waals surface area contributed by atoms with Gasteiger partial charge in [-0.2, -0.15) is 0 Å². The number of carboxylic acids is 1. The number of aromatic amines is 1. The predicted octanol–water partition coefficient (Wildman–Crippen LogP) is 1.23. The summed E-state index contributed by atoms with van der Waals surface area (Å²) >= 11 is 0. The summed E-state index contributed by atoms with van der Waals surface area (Å²) in [6.45, 7) is 0. The Labute approximate surface area is 121 Å². The molecule has 0 bridgehead atoms. The fourth-order valence-electron chi connectivity index (χ4n) is 3.67. The summed E-state index contributed by atoms with van der Waals surface area (Å²) < 4.78 is 0. The van der Waals surface area contributed by atoms with Crippen LogP contribution in [0, 0.1) is 5.92 Å². The van der Waals surface area contributed by atoms with Crippen LogP contribution in [-0.4, -0.2) is 39.0 Å². The van der Waals surface area contributed by atoms with Crippen molar-refractivity contribution in [1.29, 1.82) is 0 Å². The summed E-state index contributed by atoms with van der Waals surface area (Å²) in [7, 11) is 0. The number of H-pyrrole nitrogens is 1. The molecular formula is C15H18N2O4. The van der Waals surface area contributed by atoms with Crippen molar-refractivity contribution < 1.29 is 14.7 Å². The number of carbonyl (C=O) groups excluding carboxylic acids is 1. The molecule has 1 aliphatic heterocycles. The number of hydrogen-bond donors (Lipinski definition) is 2. The molecule has 1 saturated heterocycles. The lowest BCUT2D eigenvalue weighted by Gasteiger charge is -2.33. The Morgan fingerprint density at radius 1 is 1.24 bits per heavy atom. The molecule has 112 valence electrons. The molecular weight excluding hydrogens is 272 g/mol. The molecule has 1 saturated carbocycles. The maximum atomic E-state index is 12.7. The smallest absolute Gasteiger partial charge is 0.326 e. The molecule has 0 aromatic carbocycles. The molecule has 1 aliphatic carbocycles. The third kappa shape index (κ3) is 2.46. The molecule has 1 aromatic heterocycles. The molecule has 6 nitrogen and oxygen atoms in total. The van der Waals surface area contributed by atoms with Gasteiger partial charge in [0.2, 0.25) is 5.56 Å². The molecule has 1 aromatic rings. The largest absolute Gasteiger partial charge is 0.480 e. The highest BCUT2D eigenvalue weighted by Gasteiger charge is 2.47. The average Bonchev–Trinajstić information content (AvgIpc) is 2.87. The van der Waals surface area contributed by atoms with Crippen molar-refractivity contribution in [3.63, 3.8) is 0 Å². The van der Waals surface area contributed by atoms with Gasteiger partial charge >= 0.3 is 5.97 Å². The van der Waals surface area contributed by atoms with Crippen LogP contribution < -0.4 is 5.56 Å². The lowest BCUT2D eigenvalue weighted by molar-refractivity contribution is -0.141. The maximum absolute atomic E-state index is 12.7. The molecule has 3 atom stereocenters. The third-order valence-corrected chi connectivity index (χ3v) is 4.64. The minimum absolute atomic E-state index is 0.0132. The van der Waals surface area contributed by atoms with Gasteiger partial charge in [-0.25, -0.2) is 4.79 Å². The number of pyridine rings is 1. The zero-order valence-electron chi connectivity index (χ0n) is 11.6. The molecule has 1 amide bonds. The van der Waals surface area contributed by atoms with Crippen molar-refractivity contribution in [2.24, 2.45) is 5.92 Å². The average molecular weight is 290 g/mol. The number of fused-ring (bicyclic) bond motifs is 1. The van der Waals surface area contributed by atoms with Crippen LogP contribution in [0.25, 0.3) is 0 Å². The highest BCUT2D eigenvalue weighted by molar-refractivity contribution is 5.97. The number of aliphatic carboxylic acids is 1. The normalized spacial score (nSPS) is 28.2. The Hall–Kier alpha value is -2.11. The molecule has 21 heavy (non-hydrogen) atoms. The molecule has 6 heteroatoms. The Bertz CT molecular complexity index is 604. The van der Waals surface area contributed by atoms with Gasteiger partial charge in [-0.1, -0.05) is 12.8 Å². The van der Waals surface area contributed by atoms with Gasteiger partial charge in [-0.3, -0.25) is 9.59 Å². The molecule has 2 aliphatic rings. The van der Waals surface area contributed by atoms with Crippen molar-refractivity contribution in [2.75, 3.05) is 0 Å². The van der Waals surface area contributed by atoms with E-state index in [1.165, 1.54) is 23.2 Å². The Morgan fingerprint density at radius 2 is 2.00 bits per heavy atom. The quantitative estimate of drug-likeness (QED) is 0.857. The van der Waals surface area contributed by atoms with Crippen molar-refractivity contribution in [2.45, 2.75) is 44.2 Å². The summed E-state index contributed by atoms with van der Waals surface area (Å²) in [4.78, 5) is 39.3. The van der Waals surface area contributed by atoms with E-state index in [0.29, 0.717) is 12.0 Å². The molecule has 3 rings (SSSR count). The second kappa shape index (κ2) is 5.35. The van der Waals surface area contributed by atoms with Crippen LogP contribution in [-0.2, 0) is 4.79 Å². The zero-order chi connectivity index (χ0) is 15.0. The van der Waals surface area contributed by atoms with Crippen molar-refractivity contribution in [1.82, 2.24) is 9.88 Å². The summed E-state index contributed by atoms with van der Waals surface area (Å²) in [5, 5.41) is 9.42. The lowest BCUT2D eigenvalue weighted by Crippen LogP contribution is -2.46. The van der Waals surface area contributed by atoms with Crippen LogP contribution in [0.5, 0.6) is 0 Å². The SMILES string of the molecule is O=C(O)C1CC2CCCCC2N1C(=O)c1ccc(=O)[nH]c1. The highest BCUT2D eigenvalue weighted by Crippen LogP contribution is 2.40. The predicted molar refractivity (Wildman–Crippen MR) is 75.0 cm³/mol. The second-order valence-electron chi connectivity index (χ2n) is 5.86. The number of nitrogens with zero attached hydrogens (tertiary/aromatic N) is 1. The fourth-order valence-corrected chi connectivity index (χ4v) is 3.67. The van der Waals surface area contributed by atoms with Gasteiger partial charge < -0.3 is 15.0 Å². The number of likely N-dealkylation sites (tertiary alicyclic amines) is 1. The first-order valence-corrected chi connectivity index (χ1v) is 7.32. The van der Waals surface area contributed by atoms with Crippen LogP contribution in [0.15, 0.2) is 23.1 Å². The van der Waals surface area contributed by atoms with E-state index in [2.05, 4.69) is 4.98 Å². The molecule has 3 unspecified atom stereocenters. The monoisotopic (exact) mass is 290 g/mol. The topological polar surface area (TPSA) is 90.5 Å². The standard InChI is InChI=1S/C15H18N2O4/c18-13-6-5-10(8-16-13)14(19)17-11-4-2-1-3-9(11)7-12(17)15(20)21/h5-6,8-9,11-12H,1-4,7H2,(H,16,18)(H,20,21). The van der Waals surface area contributed by atoms with Crippen molar-refractivity contribution in [3.8, 4) is 0 Å². The first-order chi connectivity index (χ1) is 10.1. The van der Waals surface area contributed by atoms with Gasteiger partial charge in [0.15, 0.2) is 0 Å². The van der Waals surface area contributed by atoms with Crippen molar-refractivity contribution in [3.05, 3.63) is 34.2 Å². The van der Waals surface area contributed by atoms with Crippen LogP contribution in [0.1, 0.15) is 42.5 Å². The van der Waals surface area contributed by atoms with Gasteiger partial charge in [-0.15, -0.1) is 0 Å². The van der Waals surface area contributed by atoms with E-state index >= 15 is 0 Å². The van der Waals surface area contributed by atoms with Gasteiger partial charge in [0, 0.05) is 18.3 Å². The number of amides is 1. The van der Waals surface area contributed by atoms with Gasteiger partial charge in [0.05, 0.1) is 5.56 Å². The lowest BCUT2D eigenvalue weighted by atomic mass is 9.84. The summed E-state index contributed by atoms with van der Waals surface area (Å²) in [6.07, 6.45) is 5.89. The Morgan fingerprint density at radius 3 is 2.67 bits per heavy atom. The first kappa shape index (κ1) is 13.9. The van der Waals surface area contributed by atoms with Crippen LogP contribution in [0.3, 0.4) is 0 Å². The highest BCUT2D eigenvalue weighted by atomic mass is 16.4.